The van der Waals surface area contributed by atoms with Crippen molar-refractivity contribution in [2.24, 2.45) is 0 Å². The Labute approximate surface area is 235 Å². The molecule has 3 rings (SSSR count). The highest BCUT2D eigenvalue weighted by molar-refractivity contribution is 5.93. The number of alkyl carbamates (subject to hydrolysis) is 1. The lowest BCUT2D eigenvalue weighted by Crippen LogP contribution is -2.67. The second-order valence-corrected chi connectivity index (χ2v) is 11.0. The second-order valence-electron chi connectivity index (χ2n) is 11.0. The highest BCUT2D eigenvalue weighted by atomic mass is 16.6. The van der Waals surface area contributed by atoms with E-state index in [1.54, 1.807) is 45.0 Å². The standard InChI is InChI=1S/C30H39N3O7/c1-29(2,3)40-28(38)31-30(17-11-12-18-30)27(37)33(24(25(34)35)20-22-15-9-6-10-16-22)32-23(26(36)39-4)19-21-13-7-5-8-14-21/h5-10,13-16,23-24,32H,11-12,17-20H2,1-4H3,(H,31,38)(H,34,35)/t23-,24-/m0/s1. The van der Waals surface area contributed by atoms with E-state index in [4.69, 9.17) is 9.47 Å². The number of carbonyl (C=O) groups is 4. The van der Waals surface area contributed by atoms with Crippen molar-refractivity contribution >= 4 is 23.9 Å². The van der Waals surface area contributed by atoms with Crippen LogP contribution in [0.2, 0.25) is 0 Å². The van der Waals surface area contributed by atoms with E-state index in [1.165, 1.54) is 7.11 Å². The fourth-order valence-electron chi connectivity index (χ4n) is 4.86. The minimum absolute atomic E-state index is 0.0311. The Hall–Kier alpha value is -3.92. The number of hydrogen-bond acceptors (Lipinski definition) is 7. The normalized spacial score (nSPS) is 15.9. The van der Waals surface area contributed by atoms with E-state index in [0.717, 1.165) is 10.6 Å². The third-order valence-corrected chi connectivity index (χ3v) is 6.76. The van der Waals surface area contributed by atoms with E-state index in [9.17, 15) is 24.3 Å². The Morgan fingerprint density at radius 2 is 1.45 bits per heavy atom. The van der Waals surface area contributed by atoms with Gasteiger partial charge in [-0.05, 0) is 44.7 Å². The van der Waals surface area contributed by atoms with E-state index in [1.807, 2.05) is 36.4 Å². The quantitative estimate of drug-likeness (QED) is 0.284. The molecule has 0 spiro atoms. The van der Waals surface area contributed by atoms with Gasteiger partial charge >= 0.3 is 18.0 Å². The van der Waals surface area contributed by atoms with E-state index in [0.29, 0.717) is 31.2 Å². The first-order valence-corrected chi connectivity index (χ1v) is 13.4. The number of rotatable bonds is 11. The van der Waals surface area contributed by atoms with Gasteiger partial charge in [-0.2, -0.15) is 0 Å². The first-order valence-electron chi connectivity index (χ1n) is 13.4. The van der Waals surface area contributed by atoms with E-state index in [2.05, 4.69) is 10.7 Å². The Morgan fingerprint density at radius 3 is 1.93 bits per heavy atom. The predicted octanol–water partition coefficient (Wildman–Crippen LogP) is 3.64. The van der Waals surface area contributed by atoms with Gasteiger partial charge in [0.15, 0.2) is 0 Å². The maximum atomic E-state index is 14.4. The summed E-state index contributed by atoms with van der Waals surface area (Å²) in [6.45, 7) is 5.15. The van der Waals surface area contributed by atoms with Gasteiger partial charge in [-0.1, -0.05) is 73.5 Å². The number of nitrogens with zero attached hydrogens (tertiary/aromatic N) is 1. The average Bonchev–Trinajstić information content (AvgIpc) is 3.38. The fourth-order valence-corrected chi connectivity index (χ4v) is 4.86. The summed E-state index contributed by atoms with van der Waals surface area (Å²) in [6.07, 6.45) is 1.22. The molecule has 0 bridgehead atoms. The lowest BCUT2D eigenvalue weighted by atomic mass is 9.94. The molecule has 0 aliphatic heterocycles. The smallest absolute Gasteiger partial charge is 0.408 e. The van der Waals surface area contributed by atoms with E-state index in [-0.39, 0.29) is 12.8 Å². The molecule has 10 heteroatoms. The van der Waals surface area contributed by atoms with Crippen LogP contribution < -0.4 is 10.7 Å². The molecule has 2 aromatic carbocycles. The summed E-state index contributed by atoms with van der Waals surface area (Å²) in [5.41, 5.74) is 2.18. The largest absolute Gasteiger partial charge is 0.480 e. The zero-order valence-electron chi connectivity index (χ0n) is 23.5. The number of ether oxygens (including phenoxy) is 2. The van der Waals surface area contributed by atoms with Crippen LogP contribution in [0.5, 0.6) is 0 Å². The first kappa shape index (κ1) is 30.6. The SMILES string of the molecule is COC(=O)[C@H](Cc1ccccc1)NN(C(=O)C1(NC(=O)OC(C)(C)C)CCCC1)[C@@H](Cc1ccccc1)C(=O)O. The van der Waals surface area contributed by atoms with Crippen LogP contribution in [0.15, 0.2) is 60.7 Å². The molecule has 0 radical (unpaired) electrons. The molecule has 1 aliphatic carbocycles. The number of aliphatic carboxylic acids is 1. The molecule has 2 atom stereocenters. The molecule has 1 aliphatic rings. The number of nitrogens with one attached hydrogen (secondary N) is 2. The molecule has 1 saturated carbocycles. The van der Waals surface area contributed by atoms with Crippen molar-refractivity contribution in [3.8, 4) is 0 Å². The minimum atomic E-state index is -1.41. The third-order valence-electron chi connectivity index (χ3n) is 6.76. The molecule has 0 saturated heterocycles. The van der Waals surface area contributed by atoms with Crippen LogP contribution in [0.1, 0.15) is 57.6 Å². The number of carbonyl (C=O) groups excluding carboxylic acids is 3. The van der Waals surface area contributed by atoms with Crippen LogP contribution in [-0.2, 0) is 36.7 Å². The Balaban J connectivity index is 2.03. The third kappa shape index (κ3) is 8.29. The van der Waals surface area contributed by atoms with Gasteiger partial charge in [-0.25, -0.2) is 15.0 Å². The zero-order valence-corrected chi connectivity index (χ0v) is 23.5. The molecular weight excluding hydrogens is 514 g/mol. The van der Waals surface area contributed by atoms with Crippen molar-refractivity contribution in [1.82, 2.24) is 15.8 Å². The summed E-state index contributed by atoms with van der Waals surface area (Å²) < 4.78 is 10.5. The van der Waals surface area contributed by atoms with Gasteiger partial charge in [-0.15, -0.1) is 0 Å². The van der Waals surface area contributed by atoms with Crippen LogP contribution >= 0.6 is 0 Å². The van der Waals surface area contributed by atoms with Gasteiger partial charge < -0.3 is 19.9 Å². The lowest BCUT2D eigenvalue weighted by molar-refractivity contribution is -0.161. The van der Waals surface area contributed by atoms with E-state index < -0.39 is 47.2 Å². The minimum Gasteiger partial charge on any atom is -0.480 e. The number of methoxy groups -OCH3 is 1. The molecule has 40 heavy (non-hydrogen) atoms. The summed E-state index contributed by atoms with van der Waals surface area (Å²) >= 11 is 0. The maximum Gasteiger partial charge on any atom is 0.408 e. The van der Waals surface area contributed by atoms with Gasteiger partial charge in [0.2, 0.25) is 0 Å². The highest BCUT2D eigenvalue weighted by Crippen LogP contribution is 2.33. The van der Waals surface area contributed by atoms with E-state index >= 15 is 0 Å². The van der Waals surface area contributed by atoms with Gasteiger partial charge in [0.1, 0.15) is 23.2 Å². The Morgan fingerprint density at radius 1 is 0.925 bits per heavy atom. The molecule has 0 aromatic heterocycles. The molecule has 2 aromatic rings. The first-order chi connectivity index (χ1) is 18.9. The molecule has 10 nitrogen and oxygen atoms in total. The molecule has 1 fully saturated rings. The van der Waals surface area contributed by atoms with Gasteiger partial charge in [0, 0.05) is 12.8 Å². The molecule has 3 N–H and O–H groups in total. The van der Waals surface area contributed by atoms with Gasteiger partial charge in [0.25, 0.3) is 5.91 Å². The molecule has 216 valence electrons. The fraction of sp³-hybridized carbons (Fsp3) is 0.467. The zero-order chi connectivity index (χ0) is 29.3. The molecule has 0 unspecified atom stereocenters. The molecule has 0 heterocycles. The monoisotopic (exact) mass is 553 g/mol. The topological polar surface area (TPSA) is 134 Å². The number of hydrogen-bond donors (Lipinski definition) is 3. The van der Waals surface area contributed by atoms with Crippen molar-refractivity contribution in [2.75, 3.05) is 7.11 Å². The predicted molar refractivity (Wildman–Crippen MR) is 148 cm³/mol. The molecule has 2 amide bonds. The highest BCUT2D eigenvalue weighted by Gasteiger charge is 2.49. The van der Waals surface area contributed by atoms with Crippen LogP contribution in [0.4, 0.5) is 4.79 Å². The summed E-state index contributed by atoms with van der Waals surface area (Å²) in [7, 11) is 1.23. The van der Waals surface area contributed by atoms with Crippen LogP contribution in [0.3, 0.4) is 0 Å². The number of esters is 1. The van der Waals surface area contributed by atoms with Crippen molar-refractivity contribution in [1.29, 1.82) is 0 Å². The Bertz CT molecular complexity index is 1160. The molecular formula is C30H39N3O7. The van der Waals surface area contributed by atoms with Gasteiger partial charge in [0.05, 0.1) is 7.11 Å². The number of carboxylic acid groups (broad SMARTS) is 1. The summed E-state index contributed by atoms with van der Waals surface area (Å²) in [5, 5.41) is 14.1. The average molecular weight is 554 g/mol. The van der Waals surface area contributed by atoms with Crippen molar-refractivity contribution in [3.63, 3.8) is 0 Å². The van der Waals surface area contributed by atoms with Crippen molar-refractivity contribution in [3.05, 3.63) is 71.8 Å². The summed E-state index contributed by atoms with van der Waals surface area (Å²) in [5.74, 6) is -2.58. The second kappa shape index (κ2) is 13.4. The van der Waals surface area contributed by atoms with Crippen LogP contribution in [0, 0.1) is 0 Å². The number of carboxylic acids is 1. The number of amides is 2. The van der Waals surface area contributed by atoms with Crippen molar-refractivity contribution in [2.45, 2.75) is 82.5 Å². The van der Waals surface area contributed by atoms with Crippen LogP contribution in [0.25, 0.3) is 0 Å². The van der Waals surface area contributed by atoms with Crippen LogP contribution in [-0.4, -0.2) is 64.4 Å². The lowest BCUT2D eigenvalue weighted by Gasteiger charge is -2.39. The summed E-state index contributed by atoms with van der Waals surface area (Å²) in [4.78, 5) is 52.8. The Kier molecular flexibility index (Phi) is 10.3. The number of benzene rings is 2. The maximum absolute atomic E-state index is 14.4. The van der Waals surface area contributed by atoms with Gasteiger partial charge in [-0.3, -0.25) is 14.6 Å². The summed E-state index contributed by atoms with van der Waals surface area (Å²) in [6, 6.07) is 15.6. The number of hydrazine groups is 1. The van der Waals surface area contributed by atoms with Crippen molar-refractivity contribution < 1.29 is 33.8 Å².